The van der Waals surface area contributed by atoms with E-state index in [0.29, 0.717) is 12.0 Å². The molecule has 0 unspecified atom stereocenters. The summed E-state index contributed by atoms with van der Waals surface area (Å²) >= 11 is 0. The zero-order valence-corrected chi connectivity index (χ0v) is 7.57. The number of hydrogen-bond donors (Lipinski definition) is 3. The van der Waals surface area contributed by atoms with Crippen LogP contribution in [0.3, 0.4) is 0 Å². The fourth-order valence-electron chi connectivity index (χ4n) is 1.12. The lowest BCUT2D eigenvalue weighted by molar-refractivity contribution is 0.375. The van der Waals surface area contributed by atoms with Crippen molar-refractivity contribution >= 4 is 12.2 Å². The van der Waals surface area contributed by atoms with E-state index in [1.54, 1.807) is 11.2 Å². The highest BCUT2D eigenvalue weighted by Gasteiger charge is 2.17. The van der Waals surface area contributed by atoms with Gasteiger partial charge in [0.05, 0.1) is 18.1 Å². The summed E-state index contributed by atoms with van der Waals surface area (Å²) in [7, 11) is 0. The maximum absolute atomic E-state index is 4.12. The third-order valence-corrected chi connectivity index (χ3v) is 1.58. The molecule has 2 heterocycles. The summed E-state index contributed by atoms with van der Waals surface area (Å²) in [6.07, 6.45) is 3.65. The SMILES string of the molecule is CC(C)NC1=CN2NNN=C2N=C1. The van der Waals surface area contributed by atoms with Gasteiger partial charge >= 0.3 is 0 Å². The highest BCUT2D eigenvalue weighted by Crippen LogP contribution is 2.03. The number of hydrazone groups is 1. The highest BCUT2D eigenvalue weighted by molar-refractivity contribution is 5.96. The molecule has 0 saturated heterocycles. The zero-order valence-electron chi connectivity index (χ0n) is 7.57. The van der Waals surface area contributed by atoms with Crippen LogP contribution in [0, 0.1) is 0 Å². The smallest absolute Gasteiger partial charge is 0.264 e. The van der Waals surface area contributed by atoms with E-state index < -0.39 is 0 Å². The topological polar surface area (TPSA) is 64.0 Å². The van der Waals surface area contributed by atoms with Crippen molar-refractivity contribution in [2.75, 3.05) is 0 Å². The summed E-state index contributed by atoms with van der Waals surface area (Å²) in [6, 6.07) is 0.395. The number of hydrogen-bond acceptors (Lipinski definition) is 6. The van der Waals surface area contributed by atoms with Crippen LogP contribution in [-0.4, -0.2) is 23.2 Å². The molecule has 0 aromatic carbocycles. The van der Waals surface area contributed by atoms with Crippen molar-refractivity contribution < 1.29 is 0 Å². The van der Waals surface area contributed by atoms with Gasteiger partial charge in [0.25, 0.3) is 5.96 Å². The Balaban J connectivity index is 2.08. The van der Waals surface area contributed by atoms with Crippen molar-refractivity contribution in [2.24, 2.45) is 10.1 Å². The molecule has 0 aliphatic carbocycles. The van der Waals surface area contributed by atoms with Crippen LogP contribution < -0.4 is 16.4 Å². The van der Waals surface area contributed by atoms with Gasteiger partial charge in [-0.3, -0.25) is 0 Å². The fraction of sp³-hybridized carbons (Fsp3) is 0.429. The van der Waals surface area contributed by atoms with E-state index in [0.717, 1.165) is 5.70 Å². The van der Waals surface area contributed by atoms with Gasteiger partial charge in [-0.15, -0.1) is 10.6 Å². The van der Waals surface area contributed by atoms with Crippen LogP contribution in [0.4, 0.5) is 0 Å². The van der Waals surface area contributed by atoms with Crippen LogP contribution >= 0.6 is 0 Å². The van der Waals surface area contributed by atoms with Gasteiger partial charge in [0.2, 0.25) is 0 Å². The molecule has 70 valence electrons. The summed E-state index contributed by atoms with van der Waals surface area (Å²) in [4.78, 5) is 4.12. The van der Waals surface area contributed by atoms with Crippen LogP contribution in [0.2, 0.25) is 0 Å². The molecule has 6 heteroatoms. The van der Waals surface area contributed by atoms with Crippen molar-refractivity contribution in [3.8, 4) is 0 Å². The highest BCUT2D eigenvalue weighted by atomic mass is 15.8. The number of guanidine groups is 1. The van der Waals surface area contributed by atoms with Gasteiger partial charge in [0.15, 0.2) is 0 Å². The van der Waals surface area contributed by atoms with Crippen molar-refractivity contribution in [3.63, 3.8) is 0 Å². The molecule has 3 N–H and O–H groups in total. The molecule has 13 heavy (non-hydrogen) atoms. The van der Waals surface area contributed by atoms with Crippen molar-refractivity contribution in [3.05, 3.63) is 11.9 Å². The molecule has 2 aliphatic rings. The van der Waals surface area contributed by atoms with Gasteiger partial charge in [-0.05, 0) is 13.8 Å². The van der Waals surface area contributed by atoms with E-state index in [1.165, 1.54) is 0 Å². The second kappa shape index (κ2) is 3.06. The lowest BCUT2D eigenvalue weighted by atomic mass is 10.3. The maximum Gasteiger partial charge on any atom is 0.264 e. The molecule has 6 nitrogen and oxygen atoms in total. The number of rotatable bonds is 2. The number of aliphatic imine (C=N–C) groups is 1. The maximum atomic E-state index is 4.12. The average molecular weight is 180 g/mol. The van der Waals surface area contributed by atoms with Gasteiger partial charge in [-0.2, -0.15) is 0 Å². The van der Waals surface area contributed by atoms with E-state index in [-0.39, 0.29) is 0 Å². The largest absolute Gasteiger partial charge is 0.380 e. The third kappa shape index (κ3) is 1.62. The number of nitrogens with one attached hydrogen (secondary N) is 3. The fourth-order valence-corrected chi connectivity index (χ4v) is 1.12. The first-order valence-corrected chi connectivity index (χ1v) is 4.16. The van der Waals surface area contributed by atoms with Crippen molar-refractivity contribution in [1.82, 2.24) is 21.4 Å². The van der Waals surface area contributed by atoms with Crippen LogP contribution in [0.1, 0.15) is 13.8 Å². The Kier molecular flexibility index (Phi) is 1.90. The van der Waals surface area contributed by atoms with Gasteiger partial charge in [0, 0.05) is 6.04 Å². The summed E-state index contributed by atoms with van der Waals surface area (Å²) in [6.45, 7) is 4.15. The lowest BCUT2D eigenvalue weighted by Gasteiger charge is -2.18. The summed E-state index contributed by atoms with van der Waals surface area (Å²) in [5.41, 5.74) is 6.39. The van der Waals surface area contributed by atoms with E-state index in [1.807, 2.05) is 6.20 Å². The molecule has 0 spiro atoms. The minimum atomic E-state index is 0.395. The van der Waals surface area contributed by atoms with Crippen LogP contribution in [-0.2, 0) is 0 Å². The van der Waals surface area contributed by atoms with Gasteiger partial charge in [0.1, 0.15) is 0 Å². The van der Waals surface area contributed by atoms with Gasteiger partial charge in [-0.1, -0.05) is 0 Å². The number of hydrazine groups is 2. The Morgan fingerprint density at radius 1 is 1.54 bits per heavy atom. The molecule has 0 bridgehead atoms. The molecule has 2 aliphatic heterocycles. The molecular weight excluding hydrogens is 168 g/mol. The summed E-state index contributed by atoms with van der Waals surface area (Å²) < 4.78 is 0. The Labute approximate surface area is 76.3 Å². The van der Waals surface area contributed by atoms with E-state index in [9.17, 15) is 0 Å². The summed E-state index contributed by atoms with van der Waals surface area (Å²) in [5.74, 6) is 0.620. The van der Waals surface area contributed by atoms with Gasteiger partial charge < -0.3 is 5.32 Å². The molecular formula is C7H12N6. The van der Waals surface area contributed by atoms with Crippen molar-refractivity contribution in [2.45, 2.75) is 19.9 Å². The first-order valence-electron chi connectivity index (χ1n) is 4.16. The van der Waals surface area contributed by atoms with Crippen LogP contribution in [0.25, 0.3) is 0 Å². The third-order valence-electron chi connectivity index (χ3n) is 1.58. The second-order valence-electron chi connectivity index (χ2n) is 3.15. The Hall–Kier alpha value is -1.56. The Morgan fingerprint density at radius 2 is 2.38 bits per heavy atom. The molecule has 0 atom stereocenters. The van der Waals surface area contributed by atoms with Crippen LogP contribution in [0.15, 0.2) is 22.0 Å². The predicted molar refractivity (Wildman–Crippen MR) is 50.4 cm³/mol. The molecule has 2 rings (SSSR count). The minimum absolute atomic E-state index is 0.395. The van der Waals surface area contributed by atoms with Gasteiger partial charge in [-0.25, -0.2) is 15.5 Å². The molecule has 0 aromatic heterocycles. The van der Waals surface area contributed by atoms with Crippen molar-refractivity contribution in [1.29, 1.82) is 0 Å². The van der Waals surface area contributed by atoms with E-state index >= 15 is 0 Å². The monoisotopic (exact) mass is 180 g/mol. The first kappa shape index (κ1) is 8.06. The molecule has 0 aromatic rings. The predicted octanol–water partition coefficient (Wildman–Crippen LogP) is -0.494. The molecule has 0 fully saturated rings. The normalized spacial score (nSPS) is 19.5. The molecule has 0 amide bonds. The number of fused-ring (bicyclic) bond motifs is 1. The van der Waals surface area contributed by atoms with E-state index in [4.69, 9.17) is 0 Å². The second-order valence-corrected chi connectivity index (χ2v) is 3.15. The van der Waals surface area contributed by atoms with Crippen LogP contribution in [0.5, 0.6) is 0 Å². The van der Waals surface area contributed by atoms with E-state index in [2.05, 4.69) is 40.3 Å². The zero-order chi connectivity index (χ0) is 9.26. The Bertz CT molecular complexity index is 289. The quantitative estimate of drug-likeness (QED) is 0.536. The minimum Gasteiger partial charge on any atom is -0.380 e. The number of nitrogens with zero attached hydrogens (tertiary/aromatic N) is 3. The Morgan fingerprint density at radius 3 is 3.15 bits per heavy atom. The lowest BCUT2D eigenvalue weighted by Crippen LogP contribution is -2.39. The first-order chi connectivity index (χ1) is 6.25. The molecule has 0 saturated carbocycles. The summed E-state index contributed by atoms with van der Waals surface area (Å²) in [5, 5.41) is 8.84. The number of allylic oxidation sites excluding steroid dienone is 1. The average Bonchev–Trinajstić information content (AvgIpc) is 2.49. The standard InChI is InChI=1S/C7H12N6/c1-5(2)9-6-3-8-7-10-11-12-13(7)4-6/h3-5,9,11-12H,1-2H3. The molecule has 0 radical (unpaired) electrons.